The highest BCUT2D eigenvalue weighted by molar-refractivity contribution is 5.17. The van der Waals surface area contributed by atoms with Gasteiger partial charge in [-0.1, -0.05) is 11.2 Å². The van der Waals surface area contributed by atoms with Crippen LogP contribution in [0.25, 0.3) is 10.4 Å². The highest BCUT2D eigenvalue weighted by atomic mass is 19.4. The van der Waals surface area contributed by atoms with Crippen LogP contribution in [0.15, 0.2) is 23.4 Å². The molecule has 5 nitrogen and oxygen atoms in total. The predicted molar refractivity (Wildman–Crippen MR) is 48.6 cm³/mol. The summed E-state index contributed by atoms with van der Waals surface area (Å²) in [6.45, 7) is -1.28. The van der Waals surface area contributed by atoms with Gasteiger partial charge in [-0.05, 0) is 11.1 Å². The minimum Gasteiger partial charge on any atom is -0.468 e. The minimum absolute atomic E-state index is 0.100. The average molecular weight is 232 g/mol. The molecule has 0 radical (unpaired) electrons. The number of hydrogen-bond donors (Lipinski definition) is 0. The van der Waals surface area contributed by atoms with Crippen LogP contribution in [-0.4, -0.2) is 17.8 Å². The molecule has 0 aliphatic rings. The molecular weight excluding hydrogens is 225 g/mol. The molecule has 16 heavy (non-hydrogen) atoms. The number of pyridine rings is 1. The zero-order chi connectivity index (χ0) is 12.0. The summed E-state index contributed by atoms with van der Waals surface area (Å²) in [5.74, 6) is -0.123. The Morgan fingerprint density at radius 1 is 1.44 bits per heavy atom. The summed E-state index contributed by atoms with van der Waals surface area (Å²) in [5.41, 5.74) is 8.64. The van der Waals surface area contributed by atoms with Crippen LogP contribution in [0.1, 0.15) is 5.56 Å². The van der Waals surface area contributed by atoms with Gasteiger partial charge in [0, 0.05) is 17.2 Å². The molecule has 1 aromatic heterocycles. The van der Waals surface area contributed by atoms with Crippen LogP contribution in [0.4, 0.5) is 13.2 Å². The topological polar surface area (TPSA) is 70.9 Å². The number of hydrogen-bond acceptors (Lipinski definition) is 3. The van der Waals surface area contributed by atoms with Crippen LogP contribution >= 0.6 is 0 Å². The van der Waals surface area contributed by atoms with Crippen LogP contribution < -0.4 is 4.74 Å². The lowest BCUT2D eigenvalue weighted by Crippen LogP contribution is -2.19. The number of nitrogens with zero attached hydrogens (tertiary/aromatic N) is 4. The van der Waals surface area contributed by atoms with E-state index in [1.54, 1.807) is 0 Å². The normalized spacial score (nSPS) is 10.7. The van der Waals surface area contributed by atoms with Gasteiger partial charge in [0.1, 0.15) is 0 Å². The molecule has 1 rings (SSSR count). The van der Waals surface area contributed by atoms with Gasteiger partial charge in [0.2, 0.25) is 5.88 Å². The van der Waals surface area contributed by atoms with Gasteiger partial charge < -0.3 is 4.74 Å². The molecule has 86 valence electrons. The zero-order valence-electron chi connectivity index (χ0n) is 7.98. The van der Waals surface area contributed by atoms with Crippen LogP contribution in [0.2, 0.25) is 0 Å². The first-order valence-electron chi connectivity index (χ1n) is 4.16. The maximum atomic E-state index is 11.8. The third-order valence-corrected chi connectivity index (χ3v) is 1.50. The lowest BCUT2D eigenvalue weighted by Gasteiger charge is -2.07. The van der Waals surface area contributed by atoms with Gasteiger partial charge >= 0.3 is 6.18 Å². The maximum absolute atomic E-state index is 11.8. The highest BCUT2D eigenvalue weighted by Crippen LogP contribution is 2.17. The second kappa shape index (κ2) is 5.22. The van der Waals surface area contributed by atoms with Crippen molar-refractivity contribution >= 4 is 0 Å². The van der Waals surface area contributed by atoms with Gasteiger partial charge in [-0.2, -0.15) is 13.2 Å². The maximum Gasteiger partial charge on any atom is 0.422 e. The Morgan fingerprint density at radius 3 is 2.69 bits per heavy atom. The summed E-state index contributed by atoms with van der Waals surface area (Å²) in [6.07, 6.45) is -3.09. The molecule has 0 bridgehead atoms. The number of rotatable bonds is 4. The Bertz CT molecular complexity index is 383. The number of alkyl halides is 3. The molecule has 8 heteroatoms. The molecule has 0 spiro atoms. The summed E-state index contributed by atoms with van der Waals surface area (Å²) < 4.78 is 39.7. The molecule has 0 aliphatic heterocycles. The fraction of sp³-hybridized carbons (Fsp3) is 0.375. The van der Waals surface area contributed by atoms with E-state index in [2.05, 4.69) is 19.7 Å². The smallest absolute Gasteiger partial charge is 0.422 e. The van der Waals surface area contributed by atoms with E-state index >= 15 is 0 Å². The standard InChI is InChI=1S/C8H7F3N4O/c9-8(10,11)5-16-7-2-1-6(3-13-7)4-14-15-12/h1-3H,4-5H2. The molecular formula is C8H7F3N4O. The van der Waals surface area contributed by atoms with E-state index in [1.807, 2.05) is 0 Å². The lowest BCUT2D eigenvalue weighted by atomic mass is 10.3. The van der Waals surface area contributed by atoms with Crippen molar-refractivity contribution in [2.75, 3.05) is 6.61 Å². The lowest BCUT2D eigenvalue weighted by molar-refractivity contribution is -0.154. The molecule has 0 aliphatic carbocycles. The van der Waals surface area contributed by atoms with Gasteiger partial charge in [-0.3, -0.25) is 0 Å². The Hall–Kier alpha value is -1.95. The molecule has 0 atom stereocenters. The van der Waals surface area contributed by atoms with E-state index < -0.39 is 12.8 Å². The van der Waals surface area contributed by atoms with Gasteiger partial charge in [0.15, 0.2) is 6.61 Å². The monoisotopic (exact) mass is 232 g/mol. The van der Waals surface area contributed by atoms with Crippen molar-refractivity contribution in [3.63, 3.8) is 0 Å². The van der Waals surface area contributed by atoms with Crippen molar-refractivity contribution in [3.8, 4) is 5.88 Å². The number of aromatic nitrogens is 1. The van der Waals surface area contributed by atoms with Gasteiger partial charge in [0.05, 0.1) is 6.54 Å². The molecule has 1 heterocycles. The molecule has 0 saturated heterocycles. The van der Waals surface area contributed by atoms with Crippen molar-refractivity contribution in [3.05, 3.63) is 34.3 Å². The first kappa shape index (κ1) is 12.1. The first-order valence-corrected chi connectivity index (χ1v) is 4.16. The van der Waals surface area contributed by atoms with Gasteiger partial charge in [-0.15, -0.1) is 0 Å². The molecule has 0 saturated carbocycles. The van der Waals surface area contributed by atoms with Crippen molar-refractivity contribution < 1.29 is 17.9 Å². The summed E-state index contributed by atoms with van der Waals surface area (Å²) in [4.78, 5) is 6.17. The van der Waals surface area contributed by atoms with Gasteiger partial charge in [-0.25, -0.2) is 4.98 Å². The summed E-state index contributed by atoms with van der Waals surface area (Å²) in [6, 6.07) is 2.77. The minimum atomic E-state index is -4.38. The van der Waals surface area contributed by atoms with Crippen LogP contribution in [0.3, 0.4) is 0 Å². The largest absolute Gasteiger partial charge is 0.468 e. The summed E-state index contributed by atoms with van der Waals surface area (Å²) in [7, 11) is 0. The number of ether oxygens (including phenoxy) is 1. The second-order valence-electron chi connectivity index (χ2n) is 2.80. The number of halogens is 3. The van der Waals surface area contributed by atoms with E-state index in [-0.39, 0.29) is 12.4 Å². The van der Waals surface area contributed by atoms with Crippen molar-refractivity contribution in [2.24, 2.45) is 5.11 Å². The van der Waals surface area contributed by atoms with E-state index in [0.717, 1.165) is 0 Å². The van der Waals surface area contributed by atoms with E-state index in [9.17, 15) is 13.2 Å². The van der Waals surface area contributed by atoms with Crippen molar-refractivity contribution in [2.45, 2.75) is 12.7 Å². The summed E-state index contributed by atoms with van der Waals surface area (Å²) >= 11 is 0. The SMILES string of the molecule is [N-]=[N+]=NCc1ccc(OCC(F)(F)F)nc1. The van der Waals surface area contributed by atoms with Gasteiger partial charge in [0.25, 0.3) is 0 Å². The third kappa shape index (κ3) is 4.52. The fourth-order valence-corrected chi connectivity index (χ4v) is 0.859. The molecule has 0 unspecified atom stereocenters. The predicted octanol–water partition coefficient (Wildman–Crippen LogP) is 2.83. The van der Waals surface area contributed by atoms with Crippen molar-refractivity contribution in [1.29, 1.82) is 0 Å². The molecule has 0 N–H and O–H groups in total. The quantitative estimate of drug-likeness (QED) is 0.455. The first-order chi connectivity index (χ1) is 7.51. The fourth-order valence-electron chi connectivity index (χ4n) is 0.859. The Balaban J connectivity index is 2.54. The Kier molecular flexibility index (Phi) is 3.96. The molecule has 1 aromatic rings. The van der Waals surface area contributed by atoms with E-state index in [4.69, 9.17) is 5.53 Å². The summed E-state index contributed by atoms with van der Waals surface area (Å²) in [5, 5.41) is 3.28. The molecule has 0 fully saturated rings. The van der Waals surface area contributed by atoms with Crippen molar-refractivity contribution in [1.82, 2.24) is 4.98 Å². The van der Waals surface area contributed by atoms with E-state index in [1.165, 1.54) is 18.3 Å². The molecule has 0 aromatic carbocycles. The van der Waals surface area contributed by atoms with Crippen LogP contribution in [-0.2, 0) is 6.54 Å². The van der Waals surface area contributed by atoms with Crippen LogP contribution in [0, 0.1) is 0 Å². The molecule has 0 amide bonds. The highest BCUT2D eigenvalue weighted by Gasteiger charge is 2.28. The second-order valence-corrected chi connectivity index (χ2v) is 2.80. The average Bonchev–Trinajstić information content (AvgIpc) is 2.24. The Labute approximate surface area is 88.5 Å². The number of azide groups is 1. The van der Waals surface area contributed by atoms with Crippen LogP contribution in [0.5, 0.6) is 5.88 Å². The zero-order valence-corrected chi connectivity index (χ0v) is 7.98. The van der Waals surface area contributed by atoms with E-state index in [0.29, 0.717) is 5.56 Å². The third-order valence-electron chi connectivity index (χ3n) is 1.50. The Morgan fingerprint density at radius 2 is 2.19 bits per heavy atom.